The third-order valence-electron chi connectivity index (χ3n) is 2.25. The molecule has 0 spiro atoms. The van der Waals surface area contributed by atoms with Crippen molar-refractivity contribution >= 4 is 40.8 Å². The summed E-state index contributed by atoms with van der Waals surface area (Å²) in [6.45, 7) is 6.10. The number of carbonyl (C=O) groups is 1. The summed E-state index contributed by atoms with van der Waals surface area (Å²) in [5.74, 6) is 0.439. The van der Waals surface area contributed by atoms with Crippen LogP contribution in [0, 0.1) is 0 Å². The lowest BCUT2D eigenvalue weighted by atomic mass is 10.0. The van der Waals surface area contributed by atoms with E-state index in [-0.39, 0.29) is 11.4 Å². The summed E-state index contributed by atoms with van der Waals surface area (Å²) >= 11 is 4.53. The van der Waals surface area contributed by atoms with E-state index in [1.54, 1.807) is 11.8 Å². The topological polar surface area (TPSA) is 54.9 Å². The largest absolute Gasteiger partial charge is 0.351 e. The second-order valence-corrected chi connectivity index (χ2v) is 7.37. The molecule has 0 aliphatic rings. The molecule has 1 aromatic rings. The van der Waals surface area contributed by atoms with Crippen molar-refractivity contribution < 1.29 is 4.79 Å². The average molecular weight is 291 g/mol. The molecule has 7 heteroatoms. The standard InChI is InChI=1S/C10H17N3OS3/c1-5-10(2,3)11-7(14)6-16-9-13-12-8(15-4)17-9/h5-6H2,1-4H3,(H,11,14). The molecule has 1 aromatic heterocycles. The molecule has 0 saturated carbocycles. The van der Waals surface area contributed by atoms with Crippen LogP contribution in [0.25, 0.3) is 0 Å². The van der Waals surface area contributed by atoms with Gasteiger partial charge in [0.2, 0.25) is 5.91 Å². The predicted octanol–water partition coefficient (Wildman–Crippen LogP) is 2.66. The molecule has 0 unspecified atom stereocenters. The minimum atomic E-state index is -0.136. The second kappa shape index (κ2) is 6.61. The van der Waals surface area contributed by atoms with E-state index in [1.807, 2.05) is 20.1 Å². The van der Waals surface area contributed by atoms with Gasteiger partial charge in [0, 0.05) is 5.54 Å². The van der Waals surface area contributed by atoms with Gasteiger partial charge in [0.05, 0.1) is 5.75 Å². The maximum Gasteiger partial charge on any atom is 0.230 e. The van der Waals surface area contributed by atoms with Gasteiger partial charge in [-0.25, -0.2) is 0 Å². The van der Waals surface area contributed by atoms with E-state index < -0.39 is 0 Å². The number of rotatable bonds is 6. The Morgan fingerprint density at radius 1 is 1.41 bits per heavy atom. The van der Waals surface area contributed by atoms with Crippen LogP contribution in [0.1, 0.15) is 27.2 Å². The first kappa shape index (κ1) is 14.8. The maximum atomic E-state index is 11.7. The third-order valence-corrected chi connectivity index (χ3v) is 5.28. The van der Waals surface area contributed by atoms with Crippen molar-refractivity contribution in [3.63, 3.8) is 0 Å². The summed E-state index contributed by atoms with van der Waals surface area (Å²) in [5.41, 5.74) is -0.136. The first-order chi connectivity index (χ1) is 7.96. The van der Waals surface area contributed by atoms with Crippen LogP contribution in [0.2, 0.25) is 0 Å². The summed E-state index contributed by atoms with van der Waals surface area (Å²) in [6.07, 6.45) is 2.88. The number of hydrogen-bond acceptors (Lipinski definition) is 6. The predicted molar refractivity (Wildman–Crippen MR) is 74.9 cm³/mol. The van der Waals surface area contributed by atoms with E-state index >= 15 is 0 Å². The monoisotopic (exact) mass is 291 g/mol. The van der Waals surface area contributed by atoms with E-state index in [4.69, 9.17) is 0 Å². The van der Waals surface area contributed by atoms with Gasteiger partial charge in [-0.05, 0) is 26.5 Å². The number of nitrogens with one attached hydrogen (secondary N) is 1. The summed E-state index contributed by atoms with van der Waals surface area (Å²) in [6, 6.07) is 0. The smallest absolute Gasteiger partial charge is 0.230 e. The van der Waals surface area contributed by atoms with Crippen molar-refractivity contribution in [1.29, 1.82) is 0 Å². The lowest BCUT2D eigenvalue weighted by molar-refractivity contribution is -0.120. The number of hydrogen-bond donors (Lipinski definition) is 1. The normalized spacial score (nSPS) is 11.5. The Hall–Kier alpha value is -0.270. The van der Waals surface area contributed by atoms with E-state index in [9.17, 15) is 4.79 Å². The molecule has 1 N–H and O–H groups in total. The molecule has 0 radical (unpaired) electrons. The number of carbonyl (C=O) groups excluding carboxylic acids is 1. The number of nitrogens with zero attached hydrogens (tertiary/aromatic N) is 2. The molecule has 0 atom stereocenters. The van der Waals surface area contributed by atoms with Crippen LogP contribution in [0.3, 0.4) is 0 Å². The van der Waals surface area contributed by atoms with Gasteiger partial charge in [0.1, 0.15) is 0 Å². The number of amides is 1. The molecule has 0 aliphatic heterocycles. The van der Waals surface area contributed by atoms with Crippen LogP contribution in [-0.2, 0) is 4.79 Å². The average Bonchev–Trinajstić information content (AvgIpc) is 2.74. The van der Waals surface area contributed by atoms with Gasteiger partial charge in [-0.1, -0.05) is 41.8 Å². The lowest BCUT2D eigenvalue weighted by Crippen LogP contribution is -2.43. The molecular formula is C10H17N3OS3. The zero-order chi connectivity index (χ0) is 12.9. The Morgan fingerprint density at radius 3 is 2.59 bits per heavy atom. The number of thioether (sulfide) groups is 2. The Bertz CT molecular complexity index is 379. The van der Waals surface area contributed by atoms with Gasteiger partial charge in [0.15, 0.2) is 8.68 Å². The van der Waals surface area contributed by atoms with Crippen LogP contribution >= 0.6 is 34.9 Å². The van der Waals surface area contributed by atoms with E-state index in [2.05, 4.69) is 22.4 Å². The van der Waals surface area contributed by atoms with Crippen LogP contribution in [0.4, 0.5) is 0 Å². The molecule has 0 bridgehead atoms. The summed E-state index contributed by atoms with van der Waals surface area (Å²) < 4.78 is 1.78. The zero-order valence-electron chi connectivity index (χ0n) is 10.4. The summed E-state index contributed by atoms with van der Waals surface area (Å²) in [5, 5.41) is 11.0. The fourth-order valence-electron chi connectivity index (χ4n) is 0.967. The molecule has 0 fully saturated rings. The van der Waals surface area contributed by atoms with Gasteiger partial charge >= 0.3 is 0 Å². The quantitative estimate of drug-likeness (QED) is 0.817. The first-order valence-electron chi connectivity index (χ1n) is 5.28. The van der Waals surface area contributed by atoms with Crippen molar-refractivity contribution in [2.75, 3.05) is 12.0 Å². The van der Waals surface area contributed by atoms with Crippen LogP contribution in [-0.4, -0.2) is 33.7 Å². The highest BCUT2D eigenvalue weighted by Gasteiger charge is 2.18. The van der Waals surface area contributed by atoms with Crippen molar-refractivity contribution in [1.82, 2.24) is 15.5 Å². The minimum Gasteiger partial charge on any atom is -0.351 e. The molecule has 4 nitrogen and oxygen atoms in total. The fourth-order valence-corrected chi connectivity index (χ4v) is 3.21. The van der Waals surface area contributed by atoms with Gasteiger partial charge in [-0.15, -0.1) is 10.2 Å². The van der Waals surface area contributed by atoms with E-state index in [1.165, 1.54) is 23.1 Å². The van der Waals surface area contributed by atoms with Crippen LogP contribution in [0.5, 0.6) is 0 Å². The van der Waals surface area contributed by atoms with Crippen molar-refractivity contribution in [3.8, 4) is 0 Å². The SMILES string of the molecule is CCC(C)(C)NC(=O)CSc1nnc(SC)s1. The van der Waals surface area contributed by atoms with Gasteiger partial charge in [-0.2, -0.15) is 0 Å². The molecule has 17 heavy (non-hydrogen) atoms. The molecular weight excluding hydrogens is 274 g/mol. The minimum absolute atomic E-state index is 0.0442. The Kier molecular flexibility index (Phi) is 5.75. The number of aromatic nitrogens is 2. The third kappa shape index (κ3) is 5.27. The van der Waals surface area contributed by atoms with Crippen LogP contribution in [0.15, 0.2) is 8.68 Å². The zero-order valence-corrected chi connectivity index (χ0v) is 12.9. The second-order valence-electron chi connectivity index (χ2n) is 4.11. The van der Waals surface area contributed by atoms with Crippen LogP contribution < -0.4 is 5.32 Å². The van der Waals surface area contributed by atoms with Gasteiger partial charge in [0.25, 0.3) is 0 Å². The highest BCUT2D eigenvalue weighted by Crippen LogP contribution is 2.27. The highest BCUT2D eigenvalue weighted by molar-refractivity contribution is 8.03. The molecule has 0 aromatic carbocycles. The molecule has 1 rings (SSSR count). The molecule has 96 valence electrons. The highest BCUT2D eigenvalue weighted by atomic mass is 32.2. The summed E-state index contributed by atoms with van der Waals surface area (Å²) in [4.78, 5) is 11.7. The molecule has 1 amide bonds. The summed E-state index contributed by atoms with van der Waals surface area (Å²) in [7, 11) is 0. The van der Waals surface area contributed by atoms with Crippen molar-refractivity contribution in [2.45, 2.75) is 41.4 Å². The Balaban J connectivity index is 2.38. The van der Waals surface area contributed by atoms with Crippen molar-refractivity contribution in [3.05, 3.63) is 0 Å². The first-order valence-corrected chi connectivity index (χ1v) is 8.31. The Morgan fingerprint density at radius 2 is 2.06 bits per heavy atom. The van der Waals surface area contributed by atoms with Gasteiger partial charge < -0.3 is 5.32 Å². The van der Waals surface area contributed by atoms with E-state index in [0.29, 0.717) is 5.75 Å². The lowest BCUT2D eigenvalue weighted by Gasteiger charge is -2.24. The fraction of sp³-hybridized carbons (Fsp3) is 0.700. The maximum absolute atomic E-state index is 11.7. The Labute approximate surface area is 114 Å². The van der Waals surface area contributed by atoms with Gasteiger partial charge in [-0.3, -0.25) is 4.79 Å². The molecule has 1 heterocycles. The van der Waals surface area contributed by atoms with E-state index in [0.717, 1.165) is 15.1 Å². The molecule has 0 saturated heterocycles. The molecule has 0 aliphatic carbocycles. The van der Waals surface area contributed by atoms with Crippen molar-refractivity contribution in [2.24, 2.45) is 0 Å².